The number of hydrogen-bond donors (Lipinski definition) is 1. The number of benzene rings is 2. The molecule has 0 saturated heterocycles. The van der Waals surface area contributed by atoms with E-state index in [-0.39, 0.29) is 6.04 Å². The van der Waals surface area contributed by atoms with E-state index in [1.165, 1.54) is 7.11 Å². The predicted octanol–water partition coefficient (Wildman–Crippen LogP) is 5.40. The van der Waals surface area contributed by atoms with Crippen molar-refractivity contribution in [1.29, 1.82) is 0 Å². The molecule has 0 radical (unpaired) electrons. The van der Waals surface area contributed by atoms with Gasteiger partial charge in [-0.15, -0.1) is 0 Å². The summed E-state index contributed by atoms with van der Waals surface area (Å²) in [6.45, 7) is 7.15. The Morgan fingerprint density at radius 3 is 1.89 bits per heavy atom. The molecule has 0 spiro atoms. The van der Waals surface area contributed by atoms with Crippen molar-refractivity contribution < 1.29 is 19.0 Å². The number of carbonyl (C=O) groups excluding carboxylic acids is 1. The second-order valence-electron chi connectivity index (χ2n) is 8.71. The lowest BCUT2D eigenvalue weighted by Crippen LogP contribution is -2.27. The molecule has 2 aromatic carbocycles. The molecule has 192 valence electrons. The van der Waals surface area contributed by atoms with Gasteiger partial charge in [0, 0.05) is 19.1 Å². The van der Waals surface area contributed by atoms with Gasteiger partial charge in [0.2, 0.25) is 5.95 Å². The van der Waals surface area contributed by atoms with Crippen LogP contribution >= 0.6 is 0 Å². The molecule has 0 saturated carbocycles. The molecule has 0 amide bonds. The van der Waals surface area contributed by atoms with Crippen molar-refractivity contribution in [2.75, 3.05) is 31.5 Å². The predicted molar refractivity (Wildman–Crippen MR) is 142 cm³/mol. The van der Waals surface area contributed by atoms with Gasteiger partial charge in [0.05, 0.1) is 27.0 Å². The van der Waals surface area contributed by atoms with Crippen molar-refractivity contribution >= 4 is 17.7 Å². The van der Waals surface area contributed by atoms with Gasteiger partial charge in [0.15, 0.2) is 0 Å². The van der Waals surface area contributed by atoms with Crippen LogP contribution in [0.3, 0.4) is 0 Å². The van der Waals surface area contributed by atoms with Crippen LogP contribution in [0.5, 0.6) is 11.5 Å². The van der Waals surface area contributed by atoms with E-state index in [0.717, 1.165) is 35.5 Å². The van der Waals surface area contributed by atoms with E-state index < -0.39 is 5.97 Å². The Labute approximate surface area is 213 Å². The Hall–Kier alpha value is -3.81. The van der Waals surface area contributed by atoms with Crippen LogP contribution in [-0.2, 0) is 17.8 Å². The number of methoxy groups -OCH3 is 3. The Kier molecular flexibility index (Phi) is 9.50. The van der Waals surface area contributed by atoms with Crippen molar-refractivity contribution in [1.82, 2.24) is 9.97 Å². The highest BCUT2D eigenvalue weighted by molar-refractivity contribution is 5.96. The van der Waals surface area contributed by atoms with Gasteiger partial charge in [0.1, 0.15) is 22.9 Å². The Morgan fingerprint density at radius 2 is 1.44 bits per heavy atom. The number of esters is 1. The molecule has 3 aromatic rings. The maximum atomic E-state index is 12.6. The quantitative estimate of drug-likeness (QED) is 0.337. The minimum absolute atomic E-state index is 0.136. The van der Waals surface area contributed by atoms with E-state index >= 15 is 0 Å². The number of anilines is 2. The van der Waals surface area contributed by atoms with Crippen molar-refractivity contribution in [3.05, 3.63) is 70.9 Å². The SMILES string of the molecule is CCCC(C)Nc1nc(N(Cc2ccc(OC)cc2)Cc2ccc(OC)cc2)nc(C)c1C(=O)OC. The number of hydrogen-bond acceptors (Lipinski definition) is 8. The summed E-state index contributed by atoms with van der Waals surface area (Å²) in [6.07, 6.45) is 1.96. The second-order valence-corrected chi connectivity index (χ2v) is 8.71. The number of nitrogens with one attached hydrogen (secondary N) is 1. The summed E-state index contributed by atoms with van der Waals surface area (Å²) in [6, 6.07) is 16.0. The number of nitrogens with zero attached hydrogens (tertiary/aromatic N) is 3. The molecule has 0 bridgehead atoms. The molecular weight excluding hydrogens is 456 g/mol. The van der Waals surface area contributed by atoms with Gasteiger partial charge in [-0.25, -0.2) is 9.78 Å². The summed E-state index contributed by atoms with van der Waals surface area (Å²) >= 11 is 0. The first-order valence-corrected chi connectivity index (χ1v) is 12.1. The molecule has 1 aromatic heterocycles. The lowest BCUT2D eigenvalue weighted by molar-refractivity contribution is 0.0600. The van der Waals surface area contributed by atoms with Gasteiger partial charge >= 0.3 is 5.97 Å². The first-order valence-electron chi connectivity index (χ1n) is 12.1. The maximum Gasteiger partial charge on any atom is 0.343 e. The molecule has 8 heteroatoms. The molecular formula is C28H36N4O4. The Morgan fingerprint density at radius 1 is 0.917 bits per heavy atom. The van der Waals surface area contributed by atoms with Crippen molar-refractivity contribution in [3.8, 4) is 11.5 Å². The molecule has 0 aliphatic heterocycles. The maximum absolute atomic E-state index is 12.6. The summed E-state index contributed by atoms with van der Waals surface area (Å²) in [5.74, 6) is 2.15. The van der Waals surface area contributed by atoms with Gasteiger partial charge in [0.25, 0.3) is 0 Å². The highest BCUT2D eigenvalue weighted by Gasteiger charge is 2.23. The second kappa shape index (κ2) is 12.8. The van der Waals surface area contributed by atoms with E-state index in [1.54, 1.807) is 14.2 Å². The smallest absolute Gasteiger partial charge is 0.343 e. The molecule has 1 heterocycles. The summed E-state index contributed by atoms with van der Waals surface area (Å²) in [5, 5.41) is 3.41. The molecule has 0 fully saturated rings. The van der Waals surface area contributed by atoms with Gasteiger partial charge in [-0.3, -0.25) is 0 Å². The Balaban J connectivity index is 2.03. The monoisotopic (exact) mass is 492 g/mol. The summed E-state index contributed by atoms with van der Waals surface area (Å²) in [5.41, 5.74) is 3.08. The van der Waals surface area contributed by atoms with Crippen molar-refractivity contribution in [2.45, 2.75) is 52.7 Å². The molecule has 8 nitrogen and oxygen atoms in total. The largest absolute Gasteiger partial charge is 0.497 e. The van der Waals surface area contributed by atoms with Crippen LogP contribution in [-0.4, -0.2) is 43.3 Å². The van der Waals surface area contributed by atoms with E-state index in [4.69, 9.17) is 24.2 Å². The molecule has 1 N–H and O–H groups in total. The minimum Gasteiger partial charge on any atom is -0.497 e. The first kappa shape index (κ1) is 26.8. The third-order valence-electron chi connectivity index (χ3n) is 5.92. The van der Waals surface area contributed by atoms with Gasteiger partial charge < -0.3 is 24.4 Å². The van der Waals surface area contributed by atoms with Crippen molar-refractivity contribution in [3.63, 3.8) is 0 Å². The zero-order valence-electron chi connectivity index (χ0n) is 22.0. The lowest BCUT2D eigenvalue weighted by atomic mass is 10.1. The van der Waals surface area contributed by atoms with Crippen molar-refractivity contribution in [2.24, 2.45) is 0 Å². The molecule has 1 unspecified atom stereocenters. The fourth-order valence-electron chi connectivity index (χ4n) is 3.99. The minimum atomic E-state index is -0.456. The van der Waals surface area contributed by atoms with E-state index in [1.807, 2.05) is 55.5 Å². The summed E-state index contributed by atoms with van der Waals surface area (Å²) < 4.78 is 15.7. The Bertz CT molecular complexity index is 1080. The first-order chi connectivity index (χ1) is 17.4. The third-order valence-corrected chi connectivity index (χ3v) is 5.92. The molecule has 3 rings (SSSR count). The number of rotatable bonds is 12. The third kappa shape index (κ3) is 6.87. The summed E-state index contributed by atoms with van der Waals surface area (Å²) in [4.78, 5) is 24.3. The van der Waals surface area contributed by atoms with Crippen LogP contribution in [0, 0.1) is 6.92 Å². The van der Waals surface area contributed by atoms with Crippen LogP contribution in [0.15, 0.2) is 48.5 Å². The standard InChI is InChI=1S/C28H36N4O4/c1-7-8-19(2)29-26-25(27(33)36-6)20(3)30-28(31-26)32(17-21-9-13-23(34-4)14-10-21)18-22-11-15-24(35-5)16-12-22/h9-16,19H,7-8,17-18H2,1-6H3,(H,29,30,31). The van der Waals surface area contributed by atoms with Crippen LogP contribution in [0.25, 0.3) is 0 Å². The fourth-order valence-corrected chi connectivity index (χ4v) is 3.99. The average Bonchev–Trinajstić information content (AvgIpc) is 2.88. The number of ether oxygens (including phenoxy) is 3. The van der Waals surface area contributed by atoms with E-state index in [2.05, 4.69) is 24.1 Å². The van der Waals surface area contributed by atoms with Crippen LogP contribution < -0.4 is 19.7 Å². The van der Waals surface area contributed by atoms with Gasteiger partial charge in [-0.2, -0.15) is 4.98 Å². The number of aryl methyl sites for hydroxylation is 1. The van der Waals surface area contributed by atoms with Crippen LogP contribution in [0.2, 0.25) is 0 Å². The number of aromatic nitrogens is 2. The summed E-state index contributed by atoms with van der Waals surface area (Å²) in [7, 11) is 4.67. The van der Waals surface area contributed by atoms with E-state index in [9.17, 15) is 4.79 Å². The van der Waals surface area contributed by atoms with Gasteiger partial charge in [-0.1, -0.05) is 37.6 Å². The van der Waals surface area contributed by atoms with E-state index in [0.29, 0.717) is 36.1 Å². The average molecular weight is 493 g/mol. The van der Waals surface area contributed by atoms with Crippen LogP contribution in [0.4, 0.5) is 11.8 Å². The topological polar surface area (TPSA) is 85.8 Å². The molecule has 36 heavy (non-hydrogen) atoms. The molecule has 0 aliphatic carbocycles. The molecule has 0 aliphatic rings. The molecule has 1 atom stereocenters. The highest BCUT2D eigenvalue weighted by Crippen LogP contribution is 2.26. The zero-order chi connectivity index (χ0) is 26.1. The lowest BCUT2D eigenvalue weighted by Gasteiger charge is -2.25. The number of carbonyl (C=O) groups is 1. The van der Waals surface area contributed by atoms with Gasteiger partial charge in [-0.05, 0) is 55.7 Å². The highest BCUT2D eigenvalue weighted by atomic mass is 16.5. The zero-order valence-corrected chi connectivity index (χ0v) is 22.0. The fraction of sp³-hybridized carbons (Fsp3) is 0.393. The van der Waals surface area contributed by atoms with Crippen LogP contribution in [0.1, 0.15) is 53.9 Å². The normalized spacial score (nSPS) is 11.5.